The molecule has 3 aromatic heterocycles. The van der Waals surface area contributed by atoms with Gasteiger partial charge < -0.3 is 19.9 Å². The third kappa shape index (κ3) is 6.78. The lowest BCUT2D eigenvalue weighted by atomic mass is 10.0. The molecule has 0 saturated carbocycles. The number of carbonyl (C=O) groups excluding carboxylic acids is 1. The number of rotatable bonds is 10. The molecule has 4 aromatic rings. The first-order valence-corrected chi connectivity index (χ1v) is 14.6. The Morgan fingerprint density at radius 3 is 2.90 bits per heavy atom. The lowest BCUT2D eigenvalue weighted by Gasteiger charge is -2.26. The van der Waals surface area contributed by atoms with Crippen LogP contribution in [0.2, 0.25) is 5.02 Å². The van der Waals surface area contributed by atoms with Crippen LogP contribution in [0.3, 0.4) is 0 Å². The molecule has 1 N–H and O–H groups in total. The van der Waals surface area contributed by atoms with Crippen LogP contribution in [0.5, 0.6) is 5.75 Å². The molecular weight excluding hydrogens is 544 g/mol. The van der Waals surface area contributed by atoms with E-state index in [9.17, 15) is 4.79 Å². The van der Waals surface area contributed by atoms with Gasteiger partial charge in [-0.25, -0.2) is 9.97 Å². The molecular formula is C30H33ClN6O2S. The fourth-order valence-corrected chi connectivity index (χ4v) is 6.25. The fourth-order valence-electron chi connectivity index (χ4n) is 4.82. The molecule has 8 nitrogen and oxygen atoms in total. The van der Waals surface area contributed by atoms with Crippen LogP contribution in [0.4, 0.5) is 11.5 Å². The van der Waals surface area contributed by atoms with Crippen molar-refractivity contribution in [3.8, 4) is 5.75 Å². The fraction of sp³-hybridized carbons (Fsp3) is 0.333. The molecule has 208 valence electrons. The Morgan fingerprint density at radius 2 is 2.12 bits per heavy atom. The Balaban J connectivity index is 1.26. The second-order valence-electron chi connectivity index (χ2n) is 10.3. The number of anilines is 2. The summed E-state index contributed by atoms with van der Waals surface area (Å²) in [6.45, 7) is 7.73. The highest BCUT2D eigenvalue weighted by molar-refractivity contribution is 7.19. The quantitative estimate of drug-likeness (QED) is 0.229. The summed E-state index contributed by atoms with van der Waals surface area (Å²) in [5.74, 6) is 1.96. The van der Waals surface area contributed by atoms with Gasteiger partial charge in [-0.15, -0.1) is 11.3 Å². The number of hydrogen-bond donors (Lipinski definition) is 1. The van der Waals surface area contributed by atoms with Gasteiger partial charge in [-0.05, 0) is 55.3 Å². The van der Waals surface area contributed by atoms with Crippen molar-refractivity contribution in [1.82, 2.24) is 24.8 Å². The number of benzene rings is 1. The highest BCUT2D eigenvalue weighted by Crippen LogP contribution is 2.38. The van der Waals surface area contributed by atoms with Gasteiger partial charge in [0.1, 0.15) is 29.3 Å². The zero-order valence-electron chi connectivity index (χ0n) is 22.9. The van der Waals surface area contributed by atoms with Gasteiger partial charge in [0.05, 0.1) is 22.6 Å². The second kappa shape index (κ2) is 12.8. The normalized spacial score (nSPS) is 13.4. The zero-order valence-corrected chi connectivity index (χ0v) is 24.5. The SMILES string of the molecule is CC(C)CN(C)C/C=C/C(=O)N1CCc2c(sc3ncnc(Nc4ccc(OCc5ccccn5)c(Cl)c4)c23)C1. The summed E-state index contributed by atoms with van der Waals surface area (Å²) in [5.41, 5.74) is 2.83. The molecule has 1 aromatic carbocycles. The van der Waals surface area contributed by atoms with E-state index in [2.05, 4.69) is 46.1 Å². The van der Waals surface area contributed by atoms with Gasteiger partial charge in [0.2, 0.25) is 5.91 Å². The molecule has 0 bridgehead atoms. The molecule has 10 heteroatoms. The molecule has 0 unspecified atom stereocenters. The van der Waals surface area contributed by atoms with Gasteiger partial charge in [-0.3, -0.25) is 9.78 Å². The number of likely N-dealkylation sites (N-methyl/N-ethyl adjacent to an activating group) is 1. The molecule has 0 radical (unpaired) electrons. The highest BCUT2D eigenvalue weighted by Gasteiger charge is 2.25. The Hall–Kier alpha value is -3.53. The van der Waals surface area contributed by atoms with E-state index in [1.807, 2.05) is 47.4 Å². The maximum Gasteiger partial charge on any atom is 0.246 e. The highest BCUT2D eigenvalue weighted by atomic mass is 35.5. The first-order chi connectivity index (χ1) is 19.4. The number of ether oxygens (including phenoxy) is 1. The number of pyridine rings is 1. The van der Waals surface area contributed by atoms with Gasteiger partial charge in [0, 0.05) is 42.5 Å². The molecule has 0 aliphatic carbocycles. The summed E-state index contributed by atoms with van der Waals surface area (Å²) < 4.78 is 5.86. The number of hydrogen-bond acceptors (Lipinski definition) is 8. The van der Waals surface area contributed by atoms with Crippen LogP contribution in [0.25, 0.3) is 10.2 Å². The van der Waals surface area contributed by atoms with Crippen molar-refractivity contribution < 1.29 is 9.53 Å². The lowest BCUT2D eigenvalue weighted by Crippen LogP contribution is -2.34. The van der Waals surface area contributed by atoms with Gasteiger partial charge in [0.15, 0.2) is 0 Å². The second-order valence-corrected chi connectivity index (χ2v) is 11.8. The summed E-state index contributed by atoms with van der Waals surface area (Å²) in [4.78, 5) is 32.4. The molecule has 1 amide bonds. The summed E-state index contributed by atoms with van der Waals surface area (Å²) in [5, 5.41) is 4.92. The van der Waals surface area contributed by atoms with Crippen molar-refractivity contribution in [2.24, 2.45) is 5.92 Å². The molecule has 40 heavy (non-hydrogen) atoms. The molecule has 5 rings (SSSR count). The van der Waals surface area contributed by atoms with Gasteiger partial charge in [-0.2, -0.15) is 0 Å². The van der Waals surface area contributed by atoms with Crippen LogP contribution in [-0.4, -0.2) is 57.3 Å². The van der Waals surface area contributed by atoms with Gasteiger partial charge in [-0.1, -0.05) is 37.6 Å². The Bertz CT molecular complexity index is 1510. The molecule has 0 saturated heterocycles. The van der Waals surface area contributed by atoms with E-state index >= 15 is 0 Å². The molecule has 0 atom stereocenters. The van der Waals surface area contributed by atoms with E-state index in [1.165, 1.54) is 5.56 Å². The zero-order chi connectivity index (χ0) is 28.1. The number of nitrogens with zero attached hydrogens (tertiary/aromatic N) is 5. The largest absolute Gasteiger partial charge is 0.486 e. The van der Waals surface area contributed by atoms with Crippen LogP contribution in [0.15, 0.2) is 61.1 Å². The number of amides is 1. The Kier molecular flexibility index (Phi) is 8.94. The number of aromatic nitrogens is 3. The topological polar surface area (TPSA) is 83.5 Å². The van der Waals surface area contributed by atoms with Crippen LogP contribution in [0, 0.1) is 5.92 Å². The first-order valence-electron chi connectivity index (χ1n) is 13.4. The minimum Gasteiger partial charge on any atom is -0.486 e. The molecule has 1 aliphatic heterocycles. The van der Waals surface area contributed by atoms with Crippen molar-refractivity contribution in [2.75, 3.05) is 32.0 Å². The summed E-state index contributed by atoms with van der Waals surface area (Å²) >= 11 is 8.16. The number of nitrogens with one attached hydrogen (secondary N) is 1. The molecule has 0 spiro atoms. The first kappa shape index (κ1) is 28.0. The van der Waals surface area contributed by atoms with E-state index in [4.69, 9.17) is 16.3 Å². The average molecular weight is 577 g/mol. The summed E-state index contributed by atoms with van der Waals surface area (Å²) in [6.07, 6.45) is 7.72. The van der Waals surface area contributed by atoms with Crippen molar-refractivity contribution in [1.29, 1.82) is 0 Å². The van der Waals surface area contributed by atoms with E-state index in [-0.39, 0.29) is 5.91 Å². The minimum atomic E-state index is 0.0467. The monoisotopic (exact) mass is 576 g/mol. The van der Waals surface area contributed by atoms with Crippen molar-refractivity contribution in [3.63, 3.8) is 0 Å². The third-order valence-electron chi connectivity index (χ3n) is 6.60. The van der Waals surface area contributed by atoms with Crippen LogP contribution in [0.1, 0.15) is 30.0 Å². The predicted molar refractivity (Wildman–Crippen MR) is 161 cm³/mol. The number of thiophene rings is 1. The Labute approximate surface area is 243 Å². The molecule has 1 aliphatic rings. The number of carbonyl (C=O) groups is 1. The maximum atomic E-state index is 12.9. The molecule has 0 fully saturated rings. The van der Waals surface area contributed by atoms with Gasteiger partial charge in [0.25, 0.3) is 0 Å². The number of fused-ring (bicyclic) bond motifs is 3. The van der Waals surface area contributed by atoms with Crippen molar-refractivity contribution >= 4 is 50.6 Å². The van der Waals surface area contributed by atoms with Crippen LogP contribution >= 0.6 is 22.9 Å². The average Bonchev–Trinajstić information content (AvgIpc) is 3.31. The van der Waals surface area contributed by atoms with Crippen LogP contribution in [-0.2, 0) is 24.4 Å². The standard InChI is InChI=1S/C30H33ClN6O2S/c1-20(2)16-36(3)13-6-8-27(38)37-14-11-23-26(17-37)40-30-28(23)29(33-19-34-30)35-21-9-10-25(24(31)15-21)39-18-22-7-4-5-12-32-22/h4-10,12,15,19-20H,11,13-14,16-18H2,1-3H3,(H,33,34,35)/b8-6+. The van der Waals surface area contributed by atoms with E-state index in [0.29, 0.717) is 36.4 Å². The summed E-state index contributed by atoms with van der Waals surface area (Å²) in [7, 11) is 2.08. The van der Waals surface area contributed by atoms with Gasteiger partial charge >= 0.3 is 0 Å². The molecule has 4 heterocycles. The van der Waals surface area contributed by atoms with E-state index < -0.39 is 0 Å². The van der Waals surface area contributed by atoms with Crippen molar-refractivity contribution in [3.05, 3.63) is 82.2 Å². The number of halogens is 1. The smallest absolute Gasteiger partial charge is 0.246 e. The lowest BCUT2D eigenvalue weighted by molar-refractivity contribution is -0.126. The Morgan fingerprint density at radius 1 is 1.25 bits per heavy atom. The minimum absolute atomic E-state index is 0.0467. The van der Waals surface area contributed by atoms with E-state index in [0.717, 1.165) is 51.8 Å². The predicted octanol–water partition coefficient (Wildman–Crippen LogP) is 6.09. The third-order valence-corrected chi connectivity index (χ3v) is 8.02. The maximum absolute atomic E-state index is 12.9. The van der Waals surface area contributed by atoms with Crippen LogP contribution < -0.4 is 10.1 Å². The summed E-state index contributed by atoms with van der Waals surface area (Å²) in [6, 6.07) is 11.3. The van der Waals surface area contributed by atoms with Crippen molar-refractivity contribution in [2.45, 2.75) is 33.4 Å². The van der Waals surface area contributed by atoms with E-state index in [1.54, 1.807) is 29.9 Å².